The number of rotatable bonds is 7. The molecule has 2 heterocycles. The van der Waals surface area contributed by atoms with Gasteiger partial charge in [0.05, 0.1) is 29.0 Å². The first kappa shape index (κ1) is 17.8. The van der Waals surface area contributed by atoms with E-state index in [0.717, 1.165) is 11.9 Å². The van der Waals surface area contributed by atoms with Gasteiger partial charge in [-0.05, 0) is 37.6 Å². The fourth-order valence-corrected chi connectivity index (χ4v) is 2.76. The van der Waals surface area contributed by atoms with Gasteiger partial charge in [0.2, 0.25) is 0 Å². The summed E-state index contributed by atoms with van der Waals surface area (Å²) in [6, 6.07) is 5.83. The number of nitrogens with one attached hydrogen (secondary N) is 1. The number of hydrogen-bond donors (Lipinski definition) is 2. The standard InChI is InChI=1S/C18H19FN4O3/c1-11(6-8-26-2)23-16-4-3-12(19)9-14(16)17(22-23)21-15-10-20-7-5-13(15)18(24)25/h3-5,7,9-11H,6,8H2,1-2H3,(H,21,22)(H,24,25)/t11-/m0/s1. The maximum absolute atomic E-state index is 13.8. The van der Waals surface area contributed by atoms with Crippen molar-refractivity contribution in [1.29, 1.82) is 0 Å². The lowest BCUT2D eigenvalue weighted by atomic mass is 10.2. The predicted octanol–water partition coefficient (Wildman–Crippen LogP) is 3.61. The number of carboxylic acids is 1. The summed E-state index contributed by atoms with van der Waals surface area (Å²) in [5.74, 6) is -1.10. The van der Waals surface area contributed by atoms with Gasteiger partial charge in [0, 0.05) is 25.3 Å². The summed E-state index contributed by atoms with van der Waals surface area (Å²) in [6.45, 7) is 2.56. The summed E-state index contributed by atoms with van der Waals surface area (Å²) in [7, 11) is 1.63. The monoisotopic (exact) mass is 358 g/mol. The Labute approximate surface area is 149 Å². The number of ether oxygens (including phenoxy) is 1. The molecule has 0 saturated heterocycles. The molecule has 3 aromatic rings. The van der Waals surface area contributed by atoms with Gasteiger partial charge in [-0.3, -0.25) is 9.67 Å². The SMILES string of the molecule is COCC[C@H](C)n1nc(Nc2cnccc2C(=O)O)c2cc(F)ccc21. The molecule has 136 valence electrons. The quantitative estimate of drug-likeness (QED) is 0.671. The molecule has 0 radical (unpaired) electrons. The van der Waals surface area contributed by atoms with Gasteiger partial charge in [0.1, 0.15) is 5.82 Å². The summed E-state index contributed by atoms with van der Waals surface area (Å²) in [5.41, 5.74) is 1.10. The Hall–Kier alpha value is -3.00. The molecule has 0 amide bonds. The number of aromatic nitrogens is 3. The van der Waals surface area contributed by atoms with Gasteiger partial charge < -0.3 is 15.2 Å². The highest BCUT2D eigenvalue weighted by Crippen LogP contribution is 2.30. The predicted molar refractivity (Wildman–Crippen MR) is 95.4 cm³/mol. The van der Waals surface area contributed by atoms with Crippen molar-refractivity contribution >= 4 is 28.4 Å². The number of carboxylic acid groups (broad SMARTS) is 1. The highest BCUT2D eigenvalue weighted by atomic mass is 19.1. The van der Waals surface area contributed by atoms with Gasteiger partial charge in [-0.1, -0.05) is 0 Å². The Balaban J connectivity index is 2.06. The highest BCUT2D eigenvalue weighted by molar-refractivity contribution is 5.97. The molecule has 0 aliphatic heterocycles. The zero-order valence-corrected chi connectivity index (χ0v) is 14.4. The molecular formula is C18H19FN4O3. The summed E-state index contributed by atoms with van der Waals surface area (Å²) < 4.78 is 20.7. The second-order valence-electron chi connectivity index (χ2n) is 5.94. The minimum atomic E-state index is -1.08. The largest absolute Gasteiger partial charge is 0.478 e. The van der Waals surface area contributed by atoms with Crippen molar-refractivity contribution in [2.75, 3.05) is 19.0 Å². The third-order valence-corrected chi connectivity index (χ3v) is 4.13. The second-order valence-corrected chi connectivity index (χ2v) is 5.94. The normalized spacial score (nSPS) is 12.3. The number of methoxy groups -OCH3 is 1. The van der Waals surface area contributed by atoms with Crippen molar-refractivity contribution < 1.29 is 19.0 Å². The Morgan fingerprint density at radius 2 is 2.23 bits per heavy atom. The Bertz CT molecular complexity index is 941. The molecular weight excluding hydrogens is 339 g/mol. The molecule has 3 rings (SSSR count). The average molecular weight is 358 g/mol. The topological polar surface area (TPSA) is 89.3 Å². The second kappa shape index (κ2) is 7.49. The molecule has 2 N–H and O–H groups in total. The van der Waals surface area contributed by atoms with Crippen LogP contribution in [-0.2, 0) is 4.74 Å². The first-order valence-corrected chi connectivity index (χ1v) is 8.12. The van der Waals surface area contributed by atoms with E-state index in [1.54, 1.807) is 17.9 Å². The van der Waals surface area contributed by atoms with Crippen molar-refractivity contribution in [1.82, 2.24) is 14.8 Å². The van der Waals surface area contributed by atoms with Crippen LogP contribution in [-0.4, -0.2) is 39.6 Å². The van der Waals surface area contributed by atoms with E-state index in [1.807, 2.05) is 6.92 Å². The van der Waals surface area contributed by atoms with E-state index in [1.165, 1.54) is 30.6 Å². The lowest BCUT2D eigenvalue weighted by molar-refractivity contribution is 0.0698. The van der Waals surface area contributed by atoms with Crippen LogP contribution in [0.4, 0.5) is 15.9 Å². The number of hydrogen-bond acceptors (Lipinski definition) is 5. The minimum Gasteiger partial charge on any atom is -0.478 e. The molecule has 0 unspecified atom stereocenters. The smallest absolute Gasteiger partial charge is 0.337 e. The van der Waals surface area contributed by atoms with Gasteiger partial charge >= 0.3 is 5.97 Å². The summed E-state index contributed by atoms with van der Waals surface area (Å²) in [4.78, 5) is 15.3. The van der Waals surface area contributed by atoms with Crippen LogP contribution in [0, 0.1) is 5.82 Å². The van der Waals surface area contributed by atoms with E-state index in [9.17, 15) is 14.3 Å². The lowest BCUT2D eigenvalue weighted by Gasteiger charge is -2.12. The van der Waals surface area contributed by atoms with Gasteiger partial charge in [0.15, 0.2) is 5.82 Å². The number of nitrogens with zero attached hydrogens (tertiary/aromatic N) is 3. The Morgan fingerprint density at radius 3 is 2.96 bits per heavy atom. The van der Waals surface area contributed by atoms with Gasteiger partial charge in [-0.15, -0.1) is 0 Å². The van der Waals surface area contributed by atoms with E-state index < -0.39 is 11.8 Å². The Kier molecular flexibility index (Phi) is 5.13. The molecule has 2 aromatic heterocycles. The maximum atomic E-state index is 13.8. The van der Waals surface area contributed by atoms with Gasteiger partial charge in [0.25, 0.3) is 0 Å². The van der Waals surface area contributed by atoms with Crippen molar-refractivity contribution in [2.24, 2.45) is 0 Å². The summed E-state index contributed by atoms with van der Waals surface area (Å²) in [6.07, 6.45) is 3.54. The molecule has 1 aromatic carbocycles. The molecule has 0 fully saturated rings. The van der Waals surface area contributed by atoms with Crippen LogP contribution in [0.5, 0.6) is 0 Å². The highest BCUT2D eigenvalue weighted by Gasteiger charge is 2.18. The third kappa shape index (κ3) is 3.50. The number of aromatic carboxylic acids is 1. The molecule has 0 bridgehead atoms. The number of benzene rings is 1. The summed E-state index contributed by atoms with van der Waals surface area (Å²) in [5, 5.41) is 17.4. The lowest BCUT2D eigenvalue weighted by Crippen LogP contribution is -2.10. The fraction of sp³-hybridized carbons (Fsp3) is 0.278. The number of pyridine rings is 1. The maximum Gasteiger partial charge on any atom is 0.337 e. The van der Waals surface area contributed by atoms with Crippen LogP contribution in [0.2, 0.25) is 0 Å². The van der Waals surface area contributed by atoms with Crippen LogP contribution >= 0.6 is 0 Å². The minimum absolute atomic E-state index is 0.0197. The first-order chi connectivity index (χ1) is 12.5. The third-order valence-electron chi connectivity index (χ3n) is 4.13. The average Bonchev–Trinajstić information content (AvgIpc) is 2.97. The number of carbonyl (C=O) groups is 1. The number of halogens is 1. The molecule has 0 spiro atoms. The summed E-state index contributed by atoms with van der Waals surface area (Å²) >= 11 is 0. The van der Waals surface area contributed by atoms with Gasteiger partial charge in [-0.2, -0.15) is 5.10 Å². The molecule has 26 heavy (non-hydrogen) atoms. The molecule has 0 saturated carbocycles. The van der Waals surface area contributed by atoms with Crippen LogP contribution in [0.25, 0.3) is 10.9 Å². The van der Waals surface area contributed by atoms with Crippen LogP contribution < -0.4 is 5.32 Å². The molecule has 8 heteroatoms. The molecule has 0 aliphatic rings. The van der Waals surface area contributed by atoms with Crippen molar-refractivity contribution in [3.63, 3.8) is 0 Å². The van der Waals surface area contributed by atoms with E-state index >= 15 is 0 Å². The van der Waals surface area contributed by atoms with Crippen molar-refractivity contribution in [3.8, 4) is 0 Å². The van der Waals surface area contributed by atoms with E-state index in [-0.39, 0.29) is 11.6 Å². The van der Waals surface area contributed by atoms with Crippen LogP contribution in [0.15, 0.2) is 36.7 Å². The number of anilines is 2. The Morgan fingerprint density at radius 1 is 1.42 bits per heavy atom. The zero-order valence-electron chi connectivity index (χ0n) is 14.4. The van der Waals surface area contributed by atoms with Crippen molar-refractivity contribution in [2.45, 2.75) is 19.4 Å². The first-order valence-electron chi connectivity index (χ1n) is 8.12. The van der Waals surface area contributed by atoms with Crippen LogP contribution in [0.1, 0.15) is 29.7 Å². The molecule has 0 aliphatic carbocycles. The van der Waals surface area contributed by atoms with Crippen molar-refractivity contribution in [3.05, 3.63) is 48.0 Å². The zero-order chi connectivity index (χ0) is 18.7. The van der Waals surface area contributed by atoms with E-state index in [4.69, 9.17) is 4.74 Å². The van der Waals surface area contributed by atoms with Crippen LogP contribution in [0.3, 0.4) is 0 Å². The fourth-order valence-electron chi connectivity index (χ4n) is 2.76. The molecule has 7 nitrogen and oxygen atoms in total. The molecule has 1 atom stereocenters. The number of fused-ring (bicyclic) bond motifs is 1. The van der Waals surface area contributed by atoms with Gasteiger partial charge in [-0.25, -0.2) is 9.18 Å². The van der Waals surface area contributed by atoms with E-state index in [0.29, 0.717) is 23.5 Å². The van der Waals surface area contributed by atoms with E-state index in [2.05, 4.69) is 15.4 Å².